The Hall–Kier alpha value is -0.280. The summed E-state index contributed by atoms with van der Waals surface area (Å²) in [5.41, 5.74) is -0.493. The van der Waals surface area contributed by atoms with E-state index in [1.54, 1.807) is 0 Å². The molecule has 1 heterocycles. The van der Waals surface area contributed by atoms with Crippen LogP contribution in [0.5, 0.6) is 0 Å². The van der Waals surface area contributed by atoms with Crippen LogP contribution in [0.25, 0.3) is 0 Å². The quantitative estimate of drug-likeness (QED) is 0.773. The number of halogens is 1. The Morgan fingerprint density at radius 2 is 2.19 bits per heavy atom. The first-order chi connectivity index (χ1) is 7.53. The monoisotopic (exact) mass is 247 g/mol. The van der Waals surface area contributed by atoms with Gasteiger partial charge >= 0.3 is 0 Å². The first-order valence-corrected chi connectivity index (χ1v) is 6.54. The lowest BCUT2D eigenvalue weighted by Gasteiger charge is -2.39. The minimum Gasteiger partial charge on any atom is -0.396 e. The van der Waals surface area contributed by atoms with Gasteiger partial charge in [-0.25, -0.2) is 0 Å². The lowest BCUT2D eigenvalue weighted by Crippen LogP contribution is -2.50. The maximum atomic E-state index is 12.3. The van der Waals surface area contributed by atoms with Crippen LogP contribution in [0.1, 0.15) is 39.5 Å². The molecule has 1 aliphatic rings. The van der Waals surface area contributed by atoms with Crippen LogP contribution >= 0.6 is 11.6 Å². The second kappa shape index (κ2) is 5.87. The minimum absolute atomic E-state index is 0.126. The summed E-state index contributed by atoms with van der Waals surface area (Å²) in [7, 11) is 0. The molecule has 0 bridgehead atoms. The molecule has 1 rings (SSSR count). The Labute approximate surface area is 103 Å². The minimum atomic E-state index is -0.493. The van der Waals surface area contributed by atoms with Crippen LogP contribution in [0, 0.1) is 5.41 Å². The molecule has 0 aromatic rings. The number of carbonyl (C=O) groups is 1. The Kier molecular flexibility index (Phi) is 5.06. The molecule has 94 valence electrons. The maximum Gasteiger partial charge on any atom is 0.229 e. The van der Waals surface area contributed by atoms with Crippen molar-refractivity contribution in [2.75, 3.05) is 19.0 Å². The molecule has 1 fully saturated rings. The molecule has 0 saturated carbocycles. The number of piperidine rings is 1. The summed E-state index contributed by atoms with van der Waals surface area (Å²) < 4.78 is 0. The third-order valence-corrected chi connectivity index (χ3v) is 3.93. The zero-order chi connectivity index (χ0) is 12.2. The molecule has 0 aromatic heterocycles. The Morgan fingerprint density at radius 1 is 1.50 bits per heavy atom. The number of nitrogens with zero attached hydrogens (tertiary/aromatic N) is 1. The van der Waals surface area contributed by atoms with E-state index in [2.05, 4.69) is 0 Å². The topological polar surface area (TPSA) is 40.5 Å². The SMILES string of the molecule is CC(C)(CCl)C(=O)N1CCCCC1CCO. The molecule has 0 radical (unpaired) electrons. The van der Waals surface area contributed by atoms with Crippen molar-refractivity contribution < 1.29 is 9.90 Å². The Balaban J connectivity index is 2.71. The van der Waals surface area contributed by atoms with Gasteiger partial charge in [0.25, 0.3) is 0 Å². The molecule has 0 aromatic carbocycles. The zero-order valence-corrected chi connectivity index (χ0v) is 11.0. The molecule has 1 amide bonds. The molecule has 1 saturated heterocycles. The zero-order valence-electron chi connectivity index (χ0n) is 10.2. The molecule has 3 nitrogen and oxygen atoms in total. The smallest absolute Gasteiger partial charge is 0.229 e. The van der Waals surface area contributed by atoms with Crippen LogP contribution in [0.2, 0.25) is 0 Å². The number of alkyl halides is 1. The van der Waals surface area contributed by atoms with Crippen molar-refractivity contribution in [2.24, 2.45) is 5.41 Å². The van der Waals surface area contributed by atoms with Crippen molar-refractivity contribution in [1.29, 1.82) is 0 Å². The molecule has 16 heavy (non-hydrogen) atoms. The average molecular weight is 248 g/mol. The number of aliphatic hydroxyl groups excluding tert-OH is 1. The lowest BCUT2D eigenvalue weighted by atomic mass is 9.90. The Bertz CT molecular complexity index is 241. The van der Waals surface area contributed by atoms with Crippen molar-refractivity contribution in [3.05, 3.63) is 0 Å². The largest absolute Gasteiger partial charge is 0.396 e. The van der Waals surface area contributed by atoms with Gasteiger partial charge in [-0.15, -0.1) is 11.6 Å². The fourth-order valence-electron chi connectivity index (χ4n) is 2.16. The van der Waals surface area contributed by atoms with Gasteiger partial charge in [0, 0.05) is 25.1 Å². The molecule has 4 heteroatoms. The molecular formula is C12H22ClNO2. The second-order valence-electron chi connectivity index (χ2n) is 5.18. The van der Waals surface area contributed by atoms with Crippen molar-refractivity contribution >= 4 is 17.5 Å². The van der Waals surface area contributed by atoms with Gasteiger partial charge in [-0.05, 0) is 39.5 Å². The summed E-state index contributed by atoms with van der Waals surface area (Å²) in [6.07, 6.45) is 3.90. The highest BCUT2D eigenvalue weighted by atomic mass is 35.5. The predicted octanol–water partition coefficient (Wildman–Crippen LogP) is 2.01. The van der Waals surface area contributed by atoms with E-state index < -0.39 is 5.41 Å². The summed E-state index contributed by atoms with van der Waals surface area (Å²) in [6, 6.07) is 0.203. The van der Waals surface area contributed by atoms with Crippen LogP contribution in [-0.4, -0.2) is 41.0 Å². The van der Waals surface area contributed by atoms with Crippen molar-refractivity contribution in [2.45, 2.75) is 45.6 Å². The summed E-state index contributed by atoms with van der Waals surface area (Å²) in [6.45, 7) is 4.72. The van der Waals surface area contributed by atoms with Gasteiger partial charge in [-0.3, -0.25) is 4.79 Å². The van der Waals surface area contributed by atoms with Gasteiger partial charge in [0.2, 0.25) is 5.91 Å². The summed E-state index contributed by atoms with van der Waals surface area (Å²) in [4.78, 5) is 14.2. The maximum absolute atomic E-state index is 12.3. The van der Waals surface area contributed by atoms with Gasteiger partial charge in [0.1, 0.15) is 0 Å². The molecule has 0 aliphatic carbocycles. The van der Waals surface area contributed by atoms with E-state index in [1.165, 1.54) is 0 Å². The number of hydrogen-bond donors (Lipinski definition) is 1. The van der Waals surface area contributed by atoms with E-state index in [0.717, 1.165) is 25.8 Å². The van der Waals surface area contributed by atoms with Gasteiger partial charge < -0.3 is 10.0 Å². The third-order valence-electron chi connectivity index (χ3n) is 3.26. The first kappa shape index (κ1) is 13.8. The van der Waals surface area contributed by atoms with Gasteiger partial charge in [-0.2, -0.15) is 0 Å². The summed E-state index contributed by atoms with van der Waals surface area (Å²) in [5, 5.41) is 9.01. The highest BCUT2D eigenvalue weighted by molar-refractivity contribution is 6.19. The van der Waals surface area contributed by atoms with E-state index >= 15 is 0 Å². The van der Waals surface area contributed by atoms with Gasteiger partial charge in [0.05, 0.1) is 5.41 Å². The lowest BCUT2D eigenvalue weighted by molar-refractivity contribution is -0.143. The molecule has 1 aliphatic heterocycles. The summed E-state index contributed by atoms with van der Waals surface area (Å²) in [5.74, 6) is 0.467. The van der Waals surface area contributed by atoms with Gasteiger partial charge in [0.15, 0.2) is 0 Å². The molecule has 1 unspecified atom stereocenters. The first-order valence-electron chi connectivity index (χ1n) is 6.01. The molecular weight excluding hydrogens is 226 g/mol. The number of carbonyl (C=O) groups excluding carboxylic acids is 1. The van der Waals surface area contributed by atoms with E-state index in [4.69, 9.17) is 16.7 Å². The van der Waals surface area contributed by atoms with Crippen molar-refractivity contribution in [3.8, 4) is 0 Å². The van der Waals surface area contributed by atoms with Crippen molar-refractivity contribution in [1.82, 2.24) is 4.90 Å². The third kappa shape index (κ3) is 3.11. The number of rotatable bonds is 4. The second-order valence-corrected chi connectivity index (χ2v) is 5.45. The normalized spacial score (nSPS) is 22.2. The highest BCUT2D eigenvalue weighted by Crippen LogP contribution is 2.27. The molecule has 0 spiro atoms. The standard InChI is InChI=1S/C12H22ClNO2/c1-12(2,9-13)11(16)14-7-4-3-5-10(14)6-8-15/h10,15H,3-9H2,1-2H3. The summed E-state index contributed by atoms with van der Waals surface area (Å²) >= 11 is 5.84. The predicted molar refractivity (Wildman–Crippen MR) is 65.6 cm³/mol. The van der Waals surface area contributed by atoms with Gasteiger partial charge in [-0.1, -0.05) is 0 Å². The van der Waals surface area contributed by atoms with Crippen LogP contribution in [0.15, 0.2) is 0 Å². The van der Waals surface area contributed by atoms with E-state index in [1.807, 2.05) is 18.7 Å². The highest BCUT2D eigenvalue weighted by Gasteiger charge is 2.35. The fraction of sp³-hybridized carbons (Fsp3) is 0.917. The molecule has 1 N–H and O–H groups in total. The van der Waals surface area contributed by atoms with E-state index in [0.29, 0.717) is 12.3 Å². The van der Waals surface area contributed by atoms with Crippen LogP contribution in [0.4, 0.5) is 0 Å². The fourth-order valence-corrected chi connectivity index (χ4v) is 2.28. The Morgan fingerprint density at radius 3 is 2.75 bits per heavy atom. The van der Waals surface area contributed by atoms with Crippen LogP contribution in [-0.2, 0) is 4.79 Å². The van der Waals surface area contributed by atoms with Crippen LogP contribution in [0.3, 0.4) is 0 Å². The molecule has 1 atom stereocenters. The number of likely N-dealkylation sites (tertiary alicyclic amines) is 1. The number of hydrogen-bond acceptors (Lipinski definition) is 2. The van der Waals surface area contributed by atoms with E-state index in [-0.39, 0.29) is 18.6 Å². The van der Waals surface area contributed by atoms with Crippen LogP contribution < -0.4 is 0 Å². The number of aliphatic hydroxyl groups is 1. The van der Waals surface area contributed by atoms with E-state index in [9.17, 15) is 4.79 Å². The van der Waals surface area contributed by atoms with Crippen molar-refractivity contribution in [3.63, 3.8) is 0 Å². The number of amides is 1. The average Bonchev–Trinajstić information content (AvgIpc) is 2.29.